The van der Waals surface area contributed by atoms with Crippen molar-refractivity contribution in [3.63, 3.8) is 0 Å². The minimum Gasteiger partial charge on any atom is -0.398 e. The summed E-state index contributed by atoms with van der Waals surface area (Å²) in [5.74, 6) is 0.134. The summed E-state index contributed by atoms with van der Waals surface area (Å²) in [6, 6.07) is 5.03. The molecule has 0 aromatic heterocycles. The fourth-order valence-corrected chi connectivity index (χ4v) is 2.20. The second-order valence-electron chi connectivity index (χ2n) is 3.91. The van der Waals surface area contributed by atoms with Gasteiger partial charge in [0.05, 0.1) is 5.75 Å². The number of nitrogens with one attached hydrogen (secondary N) is 1. The van der Waals surface area contributed by atoms with Crippen molar-refractivity contribution in [1.82, 2.24) is 10.2 Å². The fourth-order valence-electron chi connectivity index (χ4n) is 1.21. The SMILES string of the molecule is CNC(=O)c1ccc(N)c(SCC(=O)N(C)C)c1. The van der Waals surface area contributed by atoms with Gasteiger partial charge in [0.25, 0.3) is 5.91 Å². The minimum atomic E-state index is -0.171. The number of hydrogen-bond acceptors (Lipinski definition) is 4. The molecule has 1 aromatic carbocycles. The number of rotatable bonds is 4. The van der Waals surface area contributed by atoms with Crippen molar-refractivity contribution in [2.24, 2.45) is 0 Å². The molecule has 0 aliphatic heterocycles. The van der Waals surface area contributed by atoms with E-state index < -0.39 is 0 Å². The molecule has 0 atom stereocenters. The molecule has 0 bridgehead atoms. The van der Waals surface area contributed by atoms with E-state index >= 15 is 0 Å². The second-order valence-corrected chi connectivity index (χ2v) is 4.93. The second kappa shape index (κ2) is 6.30. The summed E-state index contributed by atoms with van der Waals surface area (Å²) in [6.07, 6.45) is 0. The van der Waals surface area contributed by atoms with Crippen LogP contribution in [-0.2, 0) is 4.79 Å². The van der Waals surface area contributed by atoms with Crippen molar-refractivity contribution in [2.45, 2.75) is 4.90 Å². The summed E-state index contributed by atoms with van der Waals surface area (Å²) in [6.45, 7) is 0. The first-order valence-corrected chi connectivity index (χ1v) is 6.38. The van der Waals surface area contributed by atoms with Crippen LogP contribution in [0.25, 0.3) is 0 Å². The normalized spacial score (nSPS) is 9.94. The Bertz CT molecular complexity index is 461. The Hall–Kier alpha value is -1.69. The molecule has 0 saturated heterocycles. The molecule has 0 unspecified atom stereocenters. The maximum Gasteiger partial charge on any atom is 0.251 e. The quantitative estimate of drug-likeness (QED) is 0.625. The molecule has 18 heavy (non-hydrogen) atoms. The van der Waals surface area contributed by atoms with Crippen LogP contribution in [0.15, 0.2) is 23.1 Å². The molecule has 0 aliphatic rings. The van der Waals surface area contributed by atoms with Gasteiger partial charge in [-0.15, -0.1) is 11.8 Å². The number of carbonyl (C=O) groups is 2. The Kier molecular flexibility index (Phi) is 5.03. The van der Waals surface area contributed by atoms with Gasteiger partial charge >= 0.3 is 0 Å². The molecular formula is C12H17N3O2S. The smallest absolute Gasteiger partial charge is 0.251 e. The third-order valence-electron chi connectivity index (χ3n) is 2.35. The maximum absolute atomic E-state index is 11.5. The molecule has 1 aromatic rings. The van der Waals surface area contributed by atoms with E-state index in [1.807, 2.05) is 0 Å². The maximum atomic E-state index is 11.5. The molecule has 1 rings (SSSR count). The van der Waals surface area contributed by atoms with E-state index in [0.717, 1.165) is 4.90 Å². The van der Waals surface area contributed by atoms with Crippen LogP contribution in [0, 0.1) is 0 Å². The van der Waals surface area contributed by atoms with E-state index in [9.17, 15) is 9.59 Å². The van der Waals surface area contributed by atoms with Gasteiger partial charge in [-0.1, -0.05) is 0 Å². The van der Waals surface area contributed by atoms with E-state index in [1.54, 1.807) is 39.3 Å². The van der Waals surface area contributed by atoms with E-state index in [4.69, 9.17) is 5.73 Å². The van der Waals surface area contributed by atoms with Crippen LogP contribution in [0.3, 0.4) is 0 Å². The third kappa shape index (κ3) is 3.66. The summed E-state index contributed by atoms with van der Waals surface area (Å²) in [5.41, 5.74) is 6.92. The van der Waals surface area contributed by atoms with Gasteiger partial charge in [0, 0.05) is 37.3 Å². The molecule has 0 radical (unpaired) electrons. The number of benzene rings is 1. The Morgan fingerprint density at radius 3 is 2.61 bits per heavy atom. The average molecular weight is 267 g/mol. The third-order valence-corrected chi connectivity index (χ3v) is 3.41. The van der Waals surface area contributed by atoms with Gasteiger partial charge in [0.15, 0.2) is 0 Å². The average Bonchev–Trinajstić information content (AvgIpc) is 2.36. The molecular weight excluding hydrogens is 250 g/mol. The summed E-state index contributed by atoms with van der Waals surface area (Å²) >= 11 is 1.33. The van der Waals surface area contributed by atoms with Crippen molar-refractivity contribution in [3.8, 4) is 0 Å². The van der Waals surface area contributed by atoms with E-state index in [0.29, 0.717) is 17.0 Å². The monoisotopic (exact) mass is 267 g/mol. The highest BCUT2D eigenvalue weighted by molar-refractivity contribution is 8.00. The van der Waals surface area contributed by atoms with Crippen molar-refractivity contribution in [2.75, 3.05) is 32.6 Å². The first-order valence-electron chi connectivity index (χ1n) is 5.40. The molecule has 2 amide bonds. The van der Waals surface area contributed by atoms with Gasteiger partial charge in [-0.3, -0.25) is 9.59 Å². The van der Waals surface area contributed by atoms with Crippen molar-refractivity contribution in [3.05, 3.63) is 23.8 Å². The van der Waals surface area contributed by atoms with Crippen LogP contribution in [0.2, 0.25) is 0 Å². The minimum absolute atomic E-state index is 0.00439. The first kappa shape index (κ1) is 14.4. The fraction of sp³-hybridized carbons (Fsp3) is 0.333. The lowest BCUT2D eigenvalue weighted by atomic mass is 10.2. The summed E-state index contributed by atoms with van der Waals surface area (Å²) in [5, 5.41) is 2.55. The van der Waals surface area contributed by atoms with Crippen LogP contribution in [0.5, 0.6) is 0 Å². The topological polar surface area (TPSA) is 75.4 Å². The van der Waals surface area contributed by atoms with Gasteiger partial charge in [-0.2, -0.15) is 0 Å². The van der Waals surface area contributed by atoms with E-state index in [2.05, 4.69) is 5.32 Å². The lowest BCUT2D eigenvalue weighted by Gasteiger charge is -2.11. The zero-order valence-electron chi connectivity index (χ0n) is 10.7. The highest BCUT2D eigenvalue weighted by Gasteiger charge is 2.10. The zero-order valence-corrected chi connectivity index (χ0v) is 11.5. The number of thioether (sulfide) groups is 1. The number of nitrogen functional groups attached to an aromatic ring is 1. The lowest BCUT2D eigenvalue weighted by Crippen LogP contribution is -2.23. The van der Waals surface area contributed by atoms with Crippen LogP contribution in [0.1, 0.15) is 10.4 Å². The Morgan fingerprint density at radius 2 is 2.06 bits per heavy atom. The van der Waals surface area contributed by atoms with Crippen molar-refractivity contribution < 1.29 is 9.59 Å². The largest absolute Gasteiger partial charge is 0.398 e. The van der Waals surface area contributed by atoms with Gasteiger partial charge < -0.3 is 16.0 Å². The molecule has 0 spiro atoms. The van der Waals surface area contributed by atoms with Crippen LogP contribution in [0.4, 0.5) is 5.69 Å². The van der Waals surface area contributed by atoms with Gasteiger partial charge in [0.2, 0.25) is 5.91 Å². The number of hydrogen-bond donors (Lipinski definition) is 2. The Labute approximate surface area is 111 Å². The number of nitrogens with two attached hydrogens (primary N) is 1. The highest BCUT2D eigenvalue weighted by Crippen LogP contribution is 2.26. The number of nitrogens with zero attached hydrogens (tertiary/aromatic N) is 1. The molecule has 0 aliphatic carbocycles. The van der Waals surface area contributed by atoms with E-state index in [1.165, 1.54) is 16.7 Å². The number of anilines is 1. The number of amides is 2. The molecule has 0 heterocycles. The molecule has 6 heteroatoms. The number of carbonyl (C=O) groups excluding carboxylic acids is 2. The highest BCUT2D eigenvalue weighted by atomic mass is 32.2. The summed E-state index contributed by atoms with van der Waals surface area (Å²) in [7, 11) is 4.97. The predicted molar refractivity (Wildman–Crippen MR) is 73.7 cm³/mol. The standard InChI is InChI=1S/C12H17N3O2S/c1-14-12(17)8-4-5-9(13)10(6-8)18-7-11(16)15(2)3/h4-6H,7,13H2,1-3H3,(H,14,17). The summed E-state index contributed by atoms with van der Waals surface area (Å²) < 4.78 is 0. The van der Waals surface area contributed by atoms with Crippen molar-refractivity contribution in [1.29, 1.82) is 0 Å². The van der Waals surface area contributed by atoms with Gasteiger partial charge in [0.1, 0.15) is 0 Å². The predicted octanol–water partition coefficient (Wildman–Crippen LogP) is 0.809. The Morgan fingerprint density at radius 1 is 1.39 bits per heavy atom. The summed E-state index contributed by atoms with van der Waals surface area (Å²) in [4.78, 5) is 25.2. The van der Waals surface area contributed by atoms with Gasteiger partial charge in [-0.05, 0) is 18.2 Å². The first-order chi connectivity index (χ1) is 8.45. The zero-order chi connectivity index (χ0) is 13.7. The van der Waals surface area contributed by atoms with Gasteiger partial charge in [-0.25, -0.2) is 0 Å². The Balaban J connectivity index is 2.82. The molecule has 5 nitrogen and oxygen atoms in total. The van der Waals surface area contributed by atoms with Crippen LogP contribution < -0.4 is 11.1 Å². The molecule has 3 N–H and O–H groups in total. The lowest BCUT2D eigenvalue weighted by molar-refractivity contribution is -0.125. The molecule has 0 saturated carbocycles. The molecule has 98 valence electrons. The van der Waals surface area contributed by atoms with Crippen LogP contribution >= 0.6 is 11.8 Å². The molecule has 0 fully saturated rings. The van der Waals surface area contributed by atoms with Crippen molar-refractivity contribution >= 4 is 29.3 Å². The van der Waals surface area contributed by atoms with E-state index in [-0.39, 0.29) is 11.8 Å². The van der Waals surface area contributed by atoms with Crippen LogP contribution in [-0.4, -0.2) is 43.6 Å².